The Bertz CT molecular complexity index is 633. The maximum Gasteiger partial charge on any atom is 0.256 e. The number of hydrogen-bond acceptors (Lipinski definition) is 3. The lowest BCUT2D eigenvalue weighted by Gasteiger charge is -2.26. The summed E-state index contributed by atoms with van der Waals surface area (Å²) in [6.07, 6.45) is -1.31. The zero-order chi connectivity index (χ0) is 16.1. The van der Waals surface area contributed by atoms with Crippen molar-refractivity contribution >= 4 is 5.91 Å². The maximum absolute atomic E-state index is 13.9. The Balaban J connectivity index is 2.45. The molecule has 0 bridgehead atoms. The van der Waals surface area contributed by atoms with Crippen molar-refractivity contribution in [2.24, 2.45) is 0 Å². The molecule has 4 nitrogen and oxygen atoms in total. The first-order valence-electron chi connectivity index (χ1n) is 6.85. The van der Waals surface area contributed by atoms with Crippen molar-refractivity contribution in [1.82, 2.24) is 5.06 Å². The Morgan fingerprint density at radius 3 is 2.32 bits per heavy atom. The van der Waals surface area contributed by atoms with Crippen LogP contribution in [-0.2, 0) is 9.63 Å². The second-order valence-electron chi connectivity index (χ2n) is 4.87. The fraction of sp³-hybridized carbons (Fsp3) is 0.235. The van der Waals surface area contributed by atoms with Crippen LogP contribution in [0.5, 0.6) is 0 Å². The van der Waals surface area contributed by atoms with Gasteiger partial charge < -0.3 is 5.11 Å². The number of hydrogen-bond donors (Lipinski definition) is 1. The van der Waals surface area contributed by atoms with Gasteiger partial charge in [-0.15, -0.1) is 0 Å². The van der Waals surface area contributed by atoms with Crippen molar-refractivity contribution in [3.05, 3.63) is 71.5 Å². The Labute approximate surface area is 128 Å². The third kappa shape index (κ3) is 3.32. The van der Waals surface area contributed by atoms with Gasteiger partial charge in [-0.05, 0) is 11.6 Å². The van der Waals surface area contributed by atoms with Gasteiger partial charge in [0.1, 0.15) is 5.82 Å². The van der Waals surface area contributed by atoms with Crippen molar-refractivity contribution in [3.8, 4) is 0 Å². The maximum atomic E-state index is 13.9. The lowest BCUT2D eigenvalue weighted by Crippen LogP contribution is -2.34. The van der Waals surface area contributed by atoms with Gasteiger partial charge in [-0.25, -0.2) is 9.45 Å². The molecule has 0 heterocycles. The number of carbonyl (C=O) groups excluding carboxylic acids is 1. The highest BCUT2D eigenvalue weighted by molar-refractivity contribution is 5.83. The van der Waals surface area contributed by atoms with Crippen LogP contribution in [0.2, 0.25) is 0 Å². The monoisotopic (exact) mass is 303 g/mol. The molecule has 2 aromatic rings. The van der Waals surface area contributed by atoms with E-state index in [1.807, 2.05) is 0 Å². The van der Waals surface area contributed by atoms with Gasteiger partial charge in [-0.1, -0.05) is 48.5 Å². The van der Waals surface area contributed by atoms with E-state index in [2.05, 4.69) is 0 Å². The van der Waals surface area contributed by atoms with Crippen LogP contribution in [0.4, 0.5) is 4.39 Å². The lowest BCUT2D eigenvalue weighted by atomic mass is 9.88. The smallest absolute Gasteiger partial charge is 0.256 e. The molecular formula is C17H18FNO3. The average Bonchev–Trinajstić information content (AvgIpc) is 2.55. The van der Waals surface area contributed by atoms with E-state index in [1.54, 1.807) is 36.4 Å². The van der Waals surface area contributed by atoms with Crippen molar-refractivity contribution < 1.29 is 19.1 Å². The summed E-state index contributed by atoms with van der Waals surface area (Å²) in [6.45, 7) is 0. The molecule has 0 spiro atoms. The summed E-state index contributed by atoms with van der Waals surface area (Å²) in [4.78, 5) is 17.4. The summed E-state index contributed by atoms with van der Waals surface area (Å²) >= 11 is 0. The van der Waals surface area contributed by atoms with Crippen LogP contribution in [-0.4, -0.2) is 30.2 Å². The minimum Gasteiger partial charge on any atom is -0.387 e. The molecule has 2 atom stereocenters. The van der Waals surface area contributed by atoms with Gasteiger partial charge in [0.2, 0.25) is 0 Å². The van der Waals surface area contributed by atoms with E-state index in [4.69, 9.17) is 4.84 Å². The topological polar surface area (TPSA) is 49.8 Å². The largest absolute Gasteiger partial charge is 0.387 e. The number of likely N-dealkylation sites (N-methyl/N-ethyl adjacent to an activating group) is 1. The van der Waals surface area contributed by atoms with E-state index in [-0.39, 0.29) is 5.56 Å². The van der Waals surface area contributed by atoms with Gasteiger partial charge >= 0.3 is 0 Å². The van der Waals surface area contributed by atoms with E-state index >= 15 is 0 Å². The summed E-state index contributed by atoms with van der Waals surface area (Å²) in [5.41, 5.74) is 0.668. The Morgan fingerprint density at radius 1 is 1.14 bits per heavy atom. The summed E-state index contributed by atoms with van der Waals surface area (Å²) in [6, 6.07) is 14.6. The molecule has 1 N–H and O–H groups in total. The quantitative estimate of drug-likeness (QED) is 0.864. The summed E-state index contributed by atoms with van der Waals surface area (Å²) in [5.74, 6) is -1.96. The van der Waals surface area contributed by atoms with Crippen LogP contribution >= 0.6 is 0 Å². The summed E-state index contributed by atoms with van der Waals surface area (Å²) < 4.78 is 13.9. The predicted molar refractivity (Wildman–Crippen MR) is 80.3 cm³/mol. The minimum absolute atomic E-state index is 0.0780. The second kappa shape index (κ2) is 7.15. The van der Waals surface area contributed by atoms with Gasteiger partial charge in [0, 0.05) is 12.6 Å². The van der Waals surface area contributed by atoms with Gasteiger partial charge in [-0.3, -0.25) is 9.63 Å². The molecule has 0 radical (unpaired) electrons. The molecule has 0 fully saturated rings. The summed E-state index contributed by atoms with van der Waals surface area (Å²) in [7, 11) is 2.81. The molecule has 0 aromatic heterocycles. The standard InChI is InChI=1S/C17H18FNO3/c1-19(22-2)17(21)15(12-8-4-3-5-9-12)16(20)13-10-6-7-11-14(13)18/h3-11,15-16,20H,1-2H3/t15-,16+/m0/s1. The highest BCUT2D eigenvalue weighted by atomic mass is 19.1. The summed E-state index contributed by atoms with van der Waals surface area (Å²) in [5, 5.41) is 11.6. The van der Waals surface area contributed by atoms with E-state index in [0.29, 0.717) is 5.56 Å². The third-order valence-electron chi connectivity index (χ3n) is 3.55. The molecule has 5 heteroatoms. The van der Waals surface area contributed by atoms with E-state index < -0.39 is 23.7 Å². The first kappa shape index (κ1) is 16.1. The zero-order valence-corrected chi connectivity index (χ0v) is 12.4. The highest BCUT2D eigenvalue weighted by Crippen LogP contribution is 2.33. The van der Waals surface area contributed by atoms with Crippen LogP contribution in [0.25, 0.3) is 0 Å². The van der Waals surface area contributed by atoms with Gasteiger partial charge in [0.15, 0.2) is 0 Å². The van der Waals surface area contributed by atoms with E-state index in [0.717, 1.165) is 5.06 Å². The highest BCUT2D eigenvalue weighted by Gasteiger charge is 2.33. The van der Waals surface area contributed by atoms with Crippen molar-refractivity contribution in [3.63, 3.8) is 0 Å². The normalized spacial score (nSPS) is 13.5. The fourth-order valence-corrected chi connectivity index (χ4v) is 2.30. The lowest BCUT2D eigenvalue weighted by molar-refractivity contribution is -0.173. The van der Waals surface area contributed by atoms with Crippen LogP contribution in [0.1, 0.15) is 23.1 Å². The average molecular weight is 303 g/mol. The van der Waals surface area contributed by atoms with Crippen LogP contribution < -0.4 is 0 Å². The van der Waals surface area contributed by atoms with Crippen LogP contribution in [0, 0.1) is 5.82 Å². The second-order valence-corrected chi connectivity index (χ2v) is 4.87. The molecule has 2 aromatic carbocycles. The molecule has 22 heavy (non-hydrogen) atoms. The number of rotatable bonds is 5. The van der Waals surface area contributed by atoms with Crippen LogP contribution in [0.15, 0.2) is 54.6 Å². The predicted octanol–water partition coefficient (Wildman–Crippen LogP) is 2.66. The van der Waals surface area contributed by atoms with Crippen molar-refractivity contribution in [2.75, 3.05) is 14.2 Å². The number of carbonyl (C=O) groups is 1. The first-order chi connectivity index (χ1) is 10.6. The van der Waals surface area contributed by atoms with E-state index in [1.165, 1.54) is 32.4 Å². The number of aliphatic hydroxyl groups is 1. The minimum atomic E-state index is -1.31. The SMILES string of the molecule is CON(C)C(=O)[C@@H](c1ccccc1)[C@H](O)c1ccccc1F. The molecule has 0 aliphatic rings. The van der Waals surface area contributed by atoms with Crippen molar-refractivity contribution in [2.45, 2.75) is 12.0 Å². The molecule has 1 amide bonds. The van der Waals surface area contributed by atoms with Crippen LogP contribution in [0.3, 0.4) is 0 Å². The first-order valence-corrected chi connectivity index (χ1v) is 6.85. The number of halogens is 1. The molecule has 0 aliphatic heterocycles. The fourth-order valence-electron chi connectivity index (χ4n) is 2.30. The number of nitrogens with zero attached hydrogens (tertiary/aromatic N) is 1. The molecule has 0 aliphatic carbocycles. The van der Waals surface area contributed by atoms with Gasteiger partial charge in [0.05, 0.1) is 19.1 Å². The molecule has 0 unspecified atom stereocenters. The number of benzene rings is 2. The Kier molecular flexibility index (Phi) is 5.25. The molecular weight excluding hydrogens is 285 g/mol. The molecule has 0 saturated heterocycles. The van der Waals surface area contributed by atoms with Gasteiger partial charge in [0.25, 0.3) is 5.91 Å². The molecule has 2 rings (SSSR count). The number of hydroxylamine groups is 2. The van der Waals surface area contributed by atoms with Gasteiger partial charge in [-0.2, -0.15) is 0 Å². The molecule has 0 saturated carbocycles. The number of amides is 1. The van der Waals surface area contributed by atoms with E-state index in [9.17, 15) is 14.3 Å². The Morgan fingerprint density at radius 2 is 1.73 bits per heavy atom. The van der Waals surface area contributed by atoms with Crippen molar-refractivity contribution in [1.29, 1.82) is 0 Å². The molecule has 116 valence electrons. The number of aliphatic hydroxyl groups excluding tert-OH is 1. The zero-order valence-electron chi connectivity index (χ0n) is 12.4. The Hall–Kier alpha value is -2.24. The third-order valence-corrected chi connectivity index (χ3v) is 3.55.